The van der Waals surface area contributed by atoms with E-state index in [9.17, 15) is 18.0 Å². The molecule has 13 heteroatoms. The Labute approximate surface area is 211 Å². The molecule has 1 fully saturated rings. The second-order valence-electron chi connectivity index (χ2n) is 8.41. The number of carbonyl (C=O) groups excluding carboxylic acids is 1. The van der Waals surface area contributed by atoms with Crippen molar-refractivity contribution in [3.8, 4) is 6.07 Å². The van der Waals surface area contributed by atoms with E-state index < -0.39 is 12.1 Å². The van der Waals surface area contributed by atoms with Crippen molar-refractivity contribution in [3.63, 3.8) is 0 Å². The smallest absolute Gasteiger partial charge is 0.475 e. The number of carboxylic acid groups (broad SMARTS) is 1. The summed E-state index contributed by atoms with van der Waals surface area (Å²) in [6, 6.07) is 9.54. The fourth-order valence-electron chi connectivity index (χ4n) is 3.30. The van der Waals surface area contributed by atoms with Gasteiger partial charge in [-0.2, -0.15) is 23.4 Å². The molecule has 1 amide bonds. The molecule has 1 aromatic carbocycles. The quantitative estimate of drug-likeness (QED) is 0.518. The van der Waals surface area contributed by atoms with Gasteiger partial charge in [0.05, 0.1) is 6.20 Å². The topological polar surface area (TPSA) is 122 Å². The average molecular weight is 527 g/mol. The van der Waals surface area contributed by atoms with Crippen LogP contribution in [0.4, 0.5) is 19.0 Å². The molecule has 2 aromatic rings. The molecule has 0 atom stereocenters. The number of amides is 1. The predicted molar refractivity (Wildman–Crippen MR) is 126 cm³/mol. The monoisotopic (exact) mass is 526 g/mol. The molecule has 2 N–H and O–H groups in total. The fraction of sp³-hybridized carbons (Fsp3) is 0.435. The molecule has 0 saturated carbocycles. The molecule has 3 rings (SSSR count). The highest BCUT2D eigenvalue weighted by Crippen LogP contribution is 2.22. The van der Waals surface area contributed by atoms with E-state index in [2.05, 4.69) is 20.3 Å². The maximum absolute atomic E-state index is 12.8. The van der Waals surface area contributed by atoms with E-state index in [-0.39, 0.29) is 22.7 Å². The Hall–Kier alpha value is -3.43. The minimum Gasteiger partial charge on any atom is -0.475 e. The second kappa shape index (κ2) is 13.0. The number of rotatable bonds is 7. The van der Waals surface area contributed by atoms with E-state index >= 15 is 0 Å². The maximum Gasteiger partial charge on any atom is 0.490 e. The van der Waals surface area contributed by atoms with Crippen LogP contribution >= 0.6 is 11.6 Å². The number of nitrogens with zero attached hydrogens (tertiary/aromatic N) is 5. The fourth-order valence-corrected chi connectivity index (χ4v) is 3.49. The third-order valence-corrected chi connectivity index (χ3v) is 5.20. The van der Waals surface area contributed by atoms with Crippen molar-refractivity contribution < 1.29 is 27.9 Å². The third kappa shape index (κ3) is 8.98. The Balaban J connectivity index is 0.000000572. The van der Waals surface area contributed by atoms with Gasteiger partial charge in [-0.1, -0.05) is 37.6 Å². The van der Waals surface area contributed by atoms with Gasteiger partial charge in [0.2, 0.25) is 5.82 Å². The Morgan fingerprint density at radius 2 is 1.83 bits per heavy atom. The molecule has 1 aliphatic heterocycles. The minimum absolute atomic E-state index is 0.00123. The van der Waals surface area contributed by atoms with Gasteiger partial charge in [0.25, 0.3) is 5.91 Å². The summed E-state index contributed by atoms with van der Waals surface area (Å²) in [7, 11) is 0. The van der Waals surface area contributed by atoms with Crippen LogP contribution in [0, 0.1) is 17.2 Å². The predicted octanol–water partition coefficient (Wildman–Crippen LogP) is 4.04. The lowest BCUT2D eigenvalue weighted by atomic mass is 10.1. The standard InChI is InChI=1S/C21H25ClN6O.C2HF3O2/c1-15(2)13-28(20-18(22)12-24-19(11-23)25-20)26-21(29)17-7-5-16(6-8-17)14-27-9-3-4-10-27;3-2(4,5)1(6)7/h5-8,12,15H,3-4,9-10,13-14H2,1-2H3,(H,26,29);(H,6,7). The molecule has 0 bridgehead atoms. The number of nitriles is 1. The van der Waals surface area contributed by atoms with Crippen molar-refractivity contribution >= 4 is 29.3 Å². The van der Waals surface area contributed by atoms with Crippen LogP contribution in [0.25, 0.3) is 0 Å². The summed E-state index contributed by atoms with van der Waals surface area (Å²) in [5.74, 6) is -2.47. The van der Waals surface area contributed by atoms with Crippen molar-refractivity contribution in [1.82, 2.24) is 20.3 Å². The highest BCUT2D eigenvalue weighted by atomic mass is 35.5. The zero-order valence-electron chi connectivity index (χ0n) is 19.7. The van der Waals surface area contributed by atoms with Gasteiger partial charge in [-0.3, -0.25) is 20.1 Å². The molecule has 36 heavy (non-hydrogen) atoms. The van der Waals surface area contributed by atoms with Crippen LogP contribution in [0.15, 0.2) is 30.5 Å². The SMILES string of the molecule is CC(C)CN(NC(=O)c1ccc(CN2CCCC2)cc1)c1nc(C#N)ncc1Cl.O=C(O)C(F)(F)F. The zero-order chi connectivity index (χ0) is 26.9. The normalized spacial score (nSPS) is 13.5. The molecular weight excluding hydrogens is 501 g/mol. The molecular formula is C23H26ClF3N6O3. The van der Waals surface area contributed by atoms with Crippen LogP contribution in [0.1, 0.15) is 48.4 Å². The van der Waals surface area contributed by atoms with Crippen LogP contribution in [0.2, 0.25) is 5.02 Å². The number of anilines is 1. The molecule has 1 saturated heterocycles. The van der Waals surface area contributed by atoms with Crippen molar-refractivity contribution in [3.05, 3.63) is 52.4 Å². The van der Waals surface area contributed by atoms with Crippen LogP contribution in [0.5, 0.6) is 0 Å². The van der Waals surface area contributed by atoms with Gasteiger partial charge in [-0.05, 0) is 49.5 Å². The molecule has 0 unspecified atom stereocenters. The van der Waals surface area contributed by atoms with Gasteiger partial charge in [0.15, 0.2) is 5.82 Å². The summed E-state index contributed by atoms with van der Waals surface area (Å²) in [6.07, 6.45) is -1.20. The van der Waals surface area contributed by atoms with Crippen molar-refractivity contribution in [1.29, 1.82) is 5.26 Å². The number of nitrogens with one attached hydrogen (secondary N) is 1. The highest BCUT2D eigenvalue weighted by molar-refractivity contribution is 6.32. The Kier molecular flexibility index (Phi) is 10.4. The van der Waals surface area contributed by atoms with Gasteiger partial charge in [-0.25, -0.2) is 9.78 Å². The molecule has 1 aliphatic rings. The minimum atomic E-state index is -5.08. The van der Waals surface area contributed by atoms with Gasteiger partial charge in [0.1, 0.15) is 11.1 Å². The lowest BCUT2D eigenvalue weighted by Crippen LogP contribution is -2.45. The van der Waals surface area contributed by atoms with Crippen molar-refractivity contribution in [2.75, 3.05) is 24.6 Å². The lowest BCUT2D eigenvalue weighted by Gasteiger charge is -2.26. The number of aromatic nitrogens is 2. The first kappa shape index (κ1) is 28.8. The molecule has 0 spiro atoms. The molecule has 0 radical (unpaired) electrons. The summed E-state index contributed by atoms with van der Waals surface area (Å²) in [6.45, 7) is 7.71. The summed E-state index contributed by atoms with van der Waals surface area (Å²) < 4.78 is 31.7. The number of hydrogen-bond donors (Lipinski definition) is 2. The number of carbonyl (C=O) groups is 2. The number of halogens is 4. The van der Waals surface area contributed by atoms with Crippen LogP contribution in [-0.2, 0) is 11.3 Å². The average Bonchev–Trinajstić information content (AvgIpc) is 3.32. The van der Waals surface area contributed by atoms with Gasteiger partial charge in [0, 0.05) is 18.7 Å². The molecule has 2 heterocycles. The number of benzene rings is 1. The summed E-state index contributed by atoms with van der Waals surface area (Å²) >= 11 is 6.23. The Morgan fingerprint density at radius 1 is 1.25 bits per heavy atom. The van der Waals surface area contributed by atoms with E-state index in [1.54, 1.807) is 5.01 Å². The van der Waals surface area contributed by atoms with Gasteiger partial charge in [-0.15, -0.1) is 0 Å². The zero-order valence-corrected chi connectivity index (χ0v) is 20.5. The summed E-state index contributed by atoms with van der Waals surface area (Å²) in [5.41, 5.74) is 4.61. The van der Waals surface area contributed by atoms with Crippen LogP contribution in [-0.4, -0.2) is 57.7 Å². The number of carboxylic acids is 1. The molecule has 9 nitrogen and oxygen atoms in total. The number of likely N-dealkylation sites (tertiary alicyclic amines) is 1. The number of hydrogen-bond acceptors (Lipinski definition) is 7. The third-order valence-electron chi connectivity index (χ3n) is 4.93. The van der Waals surface area contributed by atoms with E-state index in [1.807, 2.05) is 44.2 Å². The Bertz CT molecular complexity index is 1080. The summed E-state index contributed by atoms with van der Waals surface area (Å²) in [4.78, 5) is 32.2. The van der Waals surface area contributed by atoms with E-state index in [1.165, 1.54) is 24.6 Å². The number of aliphatic carboxylic acids is 1. The first-order valence-electron chi connectivity index (χ1n) is 11.0. The first-order chi connectivity index (χ1) is 16.9. The van der Waals surface area contributed by atoms with E-state index in [0.717, 1.165) is 19.6 Å². The van der Waals surface area contributed by atoms with Crippen LogP contribution in [0.3, 0.4) is 0 Å². The van der Waals surface area contributed by atoms with E-state index in [0.29, 0.717) is 17.9 Å². The first-order valence-corrected chi connectivity index (χ1v) is 11.4. The maximum atomic E-state index is 12.8. The molecule has 194 valence electrons. The lowest BCUT2D eigenvalue weighted by molar-refractivity contribution is -0.192. The van der Waals surface area contributed by atoms with Crippen LogP contribution < -0.4 is 10.4 Å². The van der Waals surface area contributed by atoms with Gasteiger partial charge < -0.3 is 5.11 Å². The van der Waals surface area contributed by atoms with E-state index in [4.69, 9.17) is 26.8 Å². The summed E-state index contributed by atoms with van der Waals surface area (Å²) in [5, 5.41) is 18.1. The van der Waals surface area contributed by atoms with Crippen molar-refractivity contribution in [2.45, 2.75) is 39.4 Å². The van der Waals surface area contributed by atoms with Crippen molar-refractivity contribution in [2.24, 2.45) is 5.92 Å². The molecule has 0 aliphatic carbocycles. The molecule has 1 aromatic heterocycles. The second-order valence-corrected chi connectivity index (χ2v) is 8.81. The number of alkyl halides is 3. The largest absolute Gasteiger partial charge is 0.490 e. The van der Waals surface area contributed by atoms with Gasteiger partial charge >= 0.3 is 12.1 Å². The Morgan fingerprint density at radius 3 is 2.33 bits per heavy atom. The highest BCUT2D eigenvalue weighted by Gasteiger charge is 2.38. The number of hydrazine groups is 1.